The Morgan fingerprint density at radius 2 is 2.10 bits per heavy atom. The molecule has 0 bridgehead atoms. The van der Waals surface area contributed by atoms with Gasteiger partial charge in [0, 0.05) is 11.8 Å². The van der Waals surface area contributed by atoms with E-state index in [0.29, 0.717) is 11.6 Å². The Labute approximate surface area is 64.1 Å². The maximum absolute atomic E-state index is 5.37. The lowest BCUT2D eigenvalue weighted by Crippen LogP contribution is -2.01. The van der Waals surface area contributed by atoms with Crippen LogP contribution in [0.15, 0.2) is 6.07 Å². The van der Waals surface area contributed by atoms with Crippen LogP contribution in [0.5, 0.6) is 0 Å². The van der Waals surface area contributed by atoms with Gasteiger partial charge < -0.3 is 11.5 Å². The highest BCUT2D eigenvalue weighted by atomic mass is 32.1. The van der Waals surface area contributed by atoms with E-state index in [-0.39, 0.29) is 5.95 Å². The van der Waals surface area contributed by atoms with Gasteiger partial charge >= 0.3 is 0 Å². The molecular formula is C5H8N4S. The largest absolute Gasteiger partial charge is 0.384 e. The molecule has 4 nitrogen and oxygen atoms in total. The van der Waals surface area contributed by atoms with Crippen LogP contribution in [0, 0.1) is 0 Å². The third-order valence-corrected chi connectivity index (χ3v) is 1.30. The van der Waals surface area contributed by atoms with Crippen LogP contribution in [0.1, 0.15) is 5.69 Å². The van der Waals surface area contributed by atoms with Crippen LogP contribution < -0.4 is 11.5 Å². The summed E-state index contributed by atoms with van der Waals surface area (Å²) in [7, 11) is 0. The number of anilines is 2. The van der Waals surface area contributed by atoms with Crippen molar-refractivity contribution in [3.8, 4) is 0 Å². The topological polar surface area (TPSA) is 77.8 Å². The van der Waals surface area contributed by atoms with E-state index in [0.717, 1.165) is 5.69 Å². The number of nitrogens with zero attached hydrogens (tertiary/aromatic N) is 2. The number of nitrogens with two attached hydrogens (primary N) is 2. The molecule has 5 heteroatoms. The predicted molar refractivity (Wildman–Crippen MR) is 43.5 cm³/mol. The fourth-order valence-corrected chi connectivity index (χ4v) is 0.783. The van der Waals surface area contributed by atoms with Gasteiger partial charge in [-0.3, -0.25) is 0 Å². The normalized spacial score (nSPS) is 9.70. The van der Waals surface area contributed by atoms with Crippen molar-refractivity contribution >= 4 is 24.4 Å². The molecule has 0 aliphatic rings. The minimum absolute atomic E-state index is 0.198. The molecular weight excluding hydrogens is 148 g/mol. The van der Waals surface area contributed by atoms with Gasteiger partial charge in [0.05, 0.1) is 5.69 Å². The molecule has 0 aliphatic carbocycles. The average molecular weight is 156 g/mol. The molecule has 54 valence electrons. The Hall–Kier alpha value is -0.970. The van der Waals surface area contributed by atoms with Crippen molar-refractivity contribution in [1.29, 1.82) is 0 Å². The second kappa shape index (κ2) is 2.74. The first kappa shape index (κ1) is 7.14. The standard InChI is InChI=1S/C5H8N4S/c6-4-1-3(2-10)8-5(7)9-4/h1,10H,2H2,(H4,6,7,8,9). The van der Waals surface area contributed by atoms with E-state index in [2.05, 4.69) is 22.6 Å². The molecule has 1 heterocycles. The van der Waals surface area contributed by atoms with E-state index in [1.54, 1.807) is 6.07 Å². The van der Waals surface area contributed by atoms with Crippen LogP contribution in [-0.4, -0.2) is 9.97 Å². The molecule has 1 aromatic rings. The van der Waals surface area contributed by atoms with Crippen LogP contribution >= 0.6 is 12.6 Å². The lowest BCUT2D eigenvalue weighted by molar-refractivity contribution is 1.11. The lowest BCUT2D eigenvalue weighted by atomic mass is 10.4. The SMILES string of the molecule is Nc1cc(CS)nc(N)n1. The second-order valence-corrected chi connectivity index (χ2v) is 2.12. The first-order valence-corrected chi connectivity index (χ1v) is 3.35. The molecule has 0 saturated carbocycles. The van der Waals surface area contributed by atoms with Crippen LogP contribution in [-0.2, 0) is 5.75 Å². The number of thiol groups is 1. The molecule has 10 heavy (non-hydrogen) atoms. The van der Waals surface area contributed by atoms with Crippen molar-refractivity contribution in [2.75, 3.05) is 11.5 Å². The molecule has 0 fully saturated rings. The maximum Gasteiger partial charge on any atom is 0.222 e. The first-order chi connectivity index (χ1) is 4.72. The van der Waals surface area contributed by atoms with Crippen molar-refractivity contribution in [2.24, 2.45) is 0 Å². The Kier molecular flexibility index (Phi) is 1.96. The third-order valence-electron chi connectivity index (χ3n) is 0.978. The Bertz CT molecular complexity index is 217. The van der Waals surface area contributed by atoms with Crippen LogP contribution in [0.25, 0.3) is 0 Å². The highest BCUT2D eigenvalue weighted by Crippen LogP contribution is 2.05. The molecule has 0 saturated heterocycles. The summed E-state index contributed by atoms with van der Waals surface area (Å²) in [5, 5.41) is 0. The van der Waals surface area contributed by atoms with Crippen LogP contribution in [0.3, 0.4) is 0 Å². The van der Waals surface area contributed by atoms with E-state index in [4.69, 9.17) is 11.5 Å². The summed E-state index contributed by atoms with van der Waals surface area (Å²) < 4.78 is 0. The van der Waals surface area contributed by atoms with Gasteiger partial charge in [0.25, 0.3) is 0 Å². The molecule has 0 aliphatic heterocycles. The van der Waals surface area contributed by atoms with Gasteiger partial charge in [-0.15, -0.1) is 0 Å². The van der Waals surface area contributed by atoms with E-state index in [9.17, 15) is 0 Å². The zero-order chi connectivity index (χ0) is 7.56. The summed E-state index contributed by atoms with van der Waals surface area (Å²) in [6, 6.07) is 1.64. The summed E-state index contributed by atoms with van der Waals surface area (Å²) in [4.78, 5) is 7.56. The fourth-order valence-electron chi connectivity index (χ4n) is 0.621. The Morgan fingerprint density at radius 1 is 1.40 bits per heavy atom. The predicted octanol–water partition coefficient (Wildman–Crippen LogP) is 0.0708. The monoisotopic (exact) mass is 156 g/mol. The molecule has 0 radical (unpaired) electrons. The van der Waals surface area contributed by atoms with Gasteiger partial charge in [0.2, 0.25) is 5.95 Å². The van der Waals surface area contributed by atoms with Gasteiger partial charge in [-0.05, 0) is 0 Å². The molecule has 0 amide bonds. The minimum atomic E-state index is 0.198. The van der Waals surface area contributed by atoms with Gasteiger partial charge in [0.15, 0.2) is 0 Å². The van der Waals surface area contributed by atoms with Gasteiger partial charge in [-0.25, -0.2) is 4.98 Å². The fraction of sp³-hybridized carbons (Fsp3) is 0.200. The van der Waals surface area contributed by atoms with Gasteiger partial charge in [0.1, 0.15) is 5.82 Å². The zero-order valence-electron chi connectivity index (χ0n) is 5.28. The highest BCUT2D eigenvalue weighted by molar-refractivity contribution is 7.79. The average Bonchev–Trinajstić information content (AvgIpc) is 1.85. The second-order valence-electron chi connectivity index (χ2n) is 1.80. The van der Waals surface area contributed by atoms with Gasteiger partial charge in [-0.1, -0.05) is 0 Å². The van der Waals surface area contributed by atoms with Crippen LogP contribution in [0.2, 0.25) is 0 Å². The van der Waals surface area contributed by atoms with E-state index in [1.807, 2.05) is 0 Å². The van der Waals surface area contributed by atoms with E-state index in [1.165, 1.54) is 0 Å². The minimum Gasteiger partial charge on any atom is -0.384 e. The highest BCUT2D eigenvalue weighted by Gasteiger charge is 1.95. The van der Waals surface area contributed by atoms with E-state index < -0.39 is 0 Å². The molecule has 0 atom stereocenters. The quantitative estimate of drug-likeness (QED) is 0.503. The van der Waals surface area contributed by atoms with Crippen molar-refractivity contribution in [2.45, 2.75) is 5.75 Å². The Balaban J connectivity index is 3.06. The number of aromatic nitrogens is 2. The van der Waals surface area contributed by atoms with Gasteiger partial charge in [-0.2, -0.15) is 17.6 Å². The molecule has 1 aromatic heterocycles. The zero-order valence-corrected chi connectivity index (χ0v) is 6.18. The number of rotatable bonds is 1. The number of hydrogen-bond donors (Lipinski definition) is 3. The first-order valence-electron chi connectivity index (χ1n) is 2.72. The number of hydrogen-bond acceptors (Lipinski definition) is 5. The smallest absolute Gasteiger partial charge is 0.222 e. The number of nitrogen functional groups attached to an aromatic ring is 2. The van der Waals surface area contributed by atoms with Crippen LogP contribution in [0.4, 0.5) is 11.8 Å². The summed E-state index contributed by atoms with van der Waals surface area (Å²) >= 11 is 4.00. The summed E-state index contributed by atoms with van der Waals surface area (Å²) in [5.74, 6) is 1.11. The maximum atomic E-state index is 5.37. The Morgan fingerprint density at radius 3 is 2.60 bits per heavy atom. The third kappa shape index (κ3) is 1.51. The van der Waals surface area contributed by atoms with E-state index >= 15 is 0 Å². The molecule has 4 N–H and O–H groups in total. The molecule has 0 unspecified atom stereocenters. The van der Waals surface area contributed by atoms with Crippen molar-refractivity contribution in [1.82, 2.24) is 9.97 Å². The summed E-state index contributed by atoms with van der Waals surface area (Å²) in [6.07, 6.45) is 0. The molecule has 1 rings (SSSR count). The lowest BCUT2D eigenvalue weighted by Gasteiger charge is -1.97. The molecule has 0 aromatic carbocycles. The van der Waals surface area contributed by atoms with Crippen molar-refractivity contribution < 1.29 is 0 Å². The van der Waals surface area contributed by atoms with Crippen molar-refractivity contribution in [3.05, 3.63) is 11.8 Å². The summed E-state index contributed by atoms with van der Waals surface area (Å²) in [6.45, 7) is 0. The summed E-state index contributed by atoms with van der Waals surface area (Å²) in [5.41, 5.74) is 11.4. The van der Waals surface area contributed by atoms with Crippen molar-refractivity contribution in [3.63, 3.8) is 0 Å². The molecule has 0 spiro atoms.